The Labute approximate surface area is 73.9 Å². The smallest absolute Gasteiger partial charge is 0.00751 e. The van der Waals surface area contributed by atoms with Gasteiger partial charge in [-0.15, -0.1) is 0 Å². The van der Waals surface area contributed by atoms with E-state index in [1.165, 1.54) is 25.7 Å². The lowest BCUT2D eigenvalue weighted by Gasteiger charge is -2.54. The highest BCUT2D eigenvalue weighted by Crippen LogP contribution is 2.47. The van der Waals surface area contributed by atoms with Gasteiger partial charge in [-0.1, -0.05) is 0 Å². The van der Waals surface area contributed by atoms with Crippen LogP contribution in [-0.4, -0.2) is 18.6 Å². The second-order valence-electron chi connectivity index (χ2n) is 4.92. The molecule has 2 saturated heterocycles. The molecule has 4 aliphatic rings. The maximum atomic E-state index is 5.83. The van der Waals surface area contributed by atoms with Crippen LogP contribution in [0.1, 0.15) is 25.7 Å². The molecule has 2 aliphatic heterocycles. The van der Waals surface area contributed by atoms with Gasteiger partial charge in [-0.2, -0.15) is 0 Å². The second kappa shape index (κ2) is 2.46. The zero-order valence-corrected chi connectivity index (χ0v) is 7.50. The molecule has 68 valence electrons. The molecule has 2 aliphatic carbocycles. The Balaban J connectivity index is 1.86. The largest absolute Gasteiger partial charge is 0.330 e. The summed E-state index contributed by atoms with van der Waals surface area (Å²) in [5.41, 5.74) is 5.83. The van der Waals surface area contributed by atoms with Crippen molar-refractivity contribution in [1.29, 1.82) is 0 Å². The van der Waals surface area contributed by atoms with E-state index in [0.29, 0.717) is 0 Å². The molecule has 0 aromatic carbocycles. The minimum Gasteiger partial charge on any atom is -0.330 e. The number of piperidine rings is 2. The van der Waals surface area contributed by atoms with Crippen molar-refractivity contribution in [2.24, 2.45) is 23.5 Å². The third kappa shape index (κ3) is 0.882. The SMILES string of the molecule is NCC1C2CC3CC1CC(C2)N3. The minimum atomic E-state index is 0.857. The van der Waals surface area contributed by atoms with E-state index in [9.17, 15) is 0 Å². The standard InChI is InChI=1S/C10H18N2/c11-5-10-6-1-8-3-7(10)4-9(2-6)12-8/h6-10,12H,1-5,11H2. The molecule has 12 heavy (non-hydrogen) atoms. The molecule has 4 rings (SSSR count). The fourth-order valence-electron chi connectivity index (χ4n) is 3.92. The lowest BCUT2D eigenvalue weighted by Crippen LogP contribution is -2.60. The maximum Gasteiger partial charge on any atom is 0.00751 e. The monoisotopic (exact) mass is 166 g/mol. The highest BCUT2D eigenvalue weighted by atomic mass is 15.0. The van der Waals surface area contributed by atoms with E-state index in [1.807, 2.05) is 0 Å². The highest BCUT2D eigenvalue weighted by molar-refractivity contribution is 5.02. The van der Waals surface area contributed by atoms with Crippen molar-refractivity contribution in [2.75, 3.05) is 6.54 Å². The summed E-state index contributed by atoms with van der Waals surface area (Å²) in [4.78, 5) is 0. The first-order valence-corrected chi connectivity index (χ1v) is 5.33. The van der Waals surface area contributed by atoms with Crippen LogP contribution in [-0.2, 0) is 0 Å². The number of rotatable bonds is 1. The van der Waals surface area contributed by atoms with Crippen LogP contribution in [0, 0.1) is 17.8 Å². The summed E-state index contributed by atoms with van der Waals surface area (Å²) >= 11 is 0. The third-order valence-corrected chi connectivity index (χ3v) is 4.30. The molecule has 0 unspecified atom stereocenters. The Morgan fingerprint density at radius 1 is 1.00 bits per heavy atom. The van der Waals surface area contributed by atoms with E-state index < -0.39 is 0 Å². The summed E-state index contributed by atoms with van der Waals surface area (Å²) in [6.07, 6.45) is 5.65. The molecule has 0 radical (unpaired) electrons. The van der Waals surface area contributed by atoms with Crippen molar-refractivity contribution in [3.8, 4) is 0 Å². The van der Waals surface area contributed by atoms with Crippen LogP contribution in [0.5, 0.6) is 0 Å². The van der Waals surface area contributed by atoms with Crippen LogP contribution < -0.4 is 11.1 Å². The minimum absolute atomic E-state index is 0.857. The molecule has 2 heterocycles. The molecule has 2 heteroatoms. The van der Waals surface area contributed by atoms with Crippen molar-refractivity contribution >= 4 is 0 Å². The van der Waals surface area contributed by atoms with Crippen LogP contribution >= 0.6 is 0 Å². The number of nitrogens with two attached hydrogens (primary N) is 1. The first kappa shape index (κ1) is 7.34. The predicted molar refractivity (Wildman–Crippen MR) is 48.7 cm³/mol. The number of hydrogen-bond acceptors (Lipinski definition) is 2. The normalized spacial score (nSPS) is 56.2. The van der Waals surface area contributed by atoms with Gasteiger partial charge in [0.15, 0.2) is 0 Å². The molecule has 0 spiro atoms. The molecule has 4 bridgehead atoms. The molecule has 0 aromatic rings. The molecule has 2 nitrogen and oxygen atoms in total. The number of nitrogens with one attached hydrogen (secondary N) is 1. The van der Waals surface area contributed by atoms with E-state index in [0.717, 1.165) is 36.4 Å². The summed E-state index contributed by atoms with van der Waals surface area (Å²) < 4.78 is 0. The van der Waals surface area contributed by atoms with Gasteiger partial charge in [0.05, 0.1) is 0 Å². The summed E-state index contributed by atoms with van der Waals surface area (Å²) in [7, 11) is 0. The third-order valence-electron chi connectivity index (χ3n) is 4.30. The Kier molecular flexibility index (Phi) is 1.50. The van der Waals surface area contributed by atoms with Crippen LogP contribution in [0.15, 0.2) is 0 Å². The molecular formula is C10H18N2. The first-order chi connectivity index (χ1) is 5.86. The van der Waals surface area contributed by atoms with Gasteiger partial charge in [-0.25, -0.2) is 0 Å². The van der Waals surface area contributed by atoms with E-state index in [1.54, 1.807) is 0 Å². The number of hydrogen-bond donors (Lipinski definition) is 2. The molecule has 2 saturated carbocycles. The lowest BCUT2D eigenvalue weighted by atomic mass is 9.59. The van der Waals surface area contributed by atoms with Crippen molar-refractivity contribution in [2.45, 2.75) is 37.8 Å². The van der Waals surface area contributed by atoms with Gasteiger partial charge in [0.1, 0.15) is 0 Å². The Bertz CT molecular complexity index is 162. The molecule has 0 aromatic heterocycles. The van der Waals surface area contributed by atoms with E-state index >= 15 is 0 Å². The van der Waals surface area contributed by atoms with Gasteiger partial charge >= 0.3 is 0 Å². The fraction of sp³-hybridized carbons (Fsp3) is 1.00. The van der Waals surface area contributed by atoms with Gasteiger partial charge in [0.25, 0.3) is 0 Å². The predicted octanol–water partition coefficient (Wildman–Crippen LogP) is 0.722. The lowest BCUT2D eigenvalue weighted by molar-refractivity contribution is 0.00241. The second-order valence-corrected chi connectivity index (χ2v) is 4.92. The molecule has 0 amide bonds. The summed E-state index contributed by atoms with van der Waals surface area (Å²) in [6, 6.07) is 1.71. The molecular weight excluding hydrogens is 148 g/mol. The molecule has 3 N–H and O–H groups in total. The average molecular weight is 166 g/mol. The molecule has 0 atom stereocenters. The topological polar surface area (TPSA) is 38.0 Å². The zero-order chi connectivity index (χ0) is 8.13. The van der Waals surface area contributed by atoms with Crippen LogP contribution in [0.4, 0.5) is 0 Å². The van der Waals surface area contributed by atoms with Crippen LogP contribution in [0.25, 0.3) is 0 Å². The van der Waals surface area contributed by atoms with Gasteiger partial charge in [-0.05, 0) is 50.0 Å². The Morgan fingerprint density at radius 3 is 1.92 bits per heavy atom. The Hall–Kier alpha value is -0.0800. The van der Waals surface area contributed by atoms with Gasteiger partial charge in [0, 0.05) is 12.1 Å². The molecule has 4 fully saturated rings. The van der Waals surface area contributed by atoms with E-state index in [4.69, 9.17) is 5.73 Å². The highest BCUT2D eigenvalue weighted by Gasteiger charge is 2.47. The first-order valence-electron chi connectivity index (χ1n) is 5.33. The zero-order valence-electron chi connectivity index (χ0n) is 7.50. The van der Waals surface area contributed by atoms with E-state index in [-0.39, 0.29) is 0 Å². The van der Waals surface area contributed by atoms with Gasteiger partial charge < -0.3 is 11.1 Å². The van der Waals surface area contributed by atoms with Gasteiger partial charge in [0.2, 0.25) is 0 Å². The van der Waals surface area contributed by atoms with Crippen LogP contribution in [0.3, 0.4) is 0 Å². The fourth-order valence-corrected chi connectivity index (χ4v) is 3.92. The van der Waals surface area contributed by atoms with Crippen molar-refractivity contribution < 1.29 is 0 Å². The van der Waals surface area contributed by atoms with Crippen LogP contribution in [0.2, 0.25) is 0 Å². The quantitative estimate of drug-likeness (QED) is 0.602. The van der Waals surface area contributed by atoms with Crippen molar-refractivity contribution in [1.82, 2.24) is 5.32 Å². The van der Waals surface area contributed by atoms with Gasteiger partial charge in [-0.3, -0.25) is 0 Å². The average Bonchev–Trinajstić information content (AvgIpc) is 2.02. The summed E-state index contributed by atoms with van der Waals surface area (Å²) in [5.74, 6) is 2.82. The van der Waals surface area contributed by atoms with Crippen molar-refractivity contribution in [3.05, 3.63) is 0 Å². The van der Waals surface area contributed by atoms with E-state index in [2.05, 4.69) is 5.32 Å². The van der Waals surface area contributed by atoms with Crippen molar-refractivity contribution in [3.63, 3.8) is 0 Å². The summed E-state index contributed by atoms with van der Waals surface area (Å²) in [6.45, 7) is 0.939. The summed E-state index contributed by atoms with van der Waals surface area (Å²) in [5, 5.41) is 3.72. The Morgan fingerprint density at radius 2 is 1.50 bits per heavy atom. The maximum absolute atomic E-state index is 5.83.